The van der Waals surface area contributed by atoms with Crippen LogP contribution >= 0.6 is 11.3 Å². The van der Waals surface area contributed by atoms with Gasteiger partial charge in [0.1, 0.15) is 0 Å². The second-order valence-electron chi connectivity index (χ2n) is 6.18. The molecule has 0 aromatic carbocycles. The zero-order valence-electron chi connectivity index (χ0n) is 14.0. The molecule has 0 amide bonds. The van der Waals surface area contributed by atoms with Crippen LogP contribution in [0.15, 0.2) is 0 Å². The van der Waals surface area contributed by atoms with Crippen LogP contribution in [0.3, 0.4) is 0 Å². The van der Waals surface area contributed by atoms with E-state index in [1.807, 2.05) is 11.3 Å². The quantitative estimate of drug-likeness (QED) is 0.783. The molecular weight excluding hydrogens is 282 g/mol. The van der Waals surface area contributed by atoms with Gasteiger partial charge in [0.05, 0.1) is 17.8 Å². The summed E-state index contributed by atoms with van der Waals surface area (Å²) in [5.41, 5.74) is 1.25. The van der Waals surface area contributed by atoms with Gasteiger partial charge in [-0.05, 0) is 32.2 Å². The molecule has 0 radical (unpaired) electrons. The van der Waals surface area contributed by atoms with Gasteiger partial charge in [0, 0.05) is 25.1 Å². The van der Waals surface area contributed by atoms with Gasteiger partial charge in [-0.1, -0.05) is 20.8 Å². The third-order valence-corrected chi connectivity index (χ3v) is 5.27. The van der Waals surface area contributed by atoms with Crippen molar-refractivity contribution in [2.24, 2.45) is 0 Å². The van der Waals surface area contributed by atoms with Crippen molar-refractivity contribution in [3.8, 4) is 0 Å². The lowest BCUT2D eigenvalue weighted by atomic mass is 10.1. The van der Waals surface area contributed by atoms with Gasteiger partial charge in [0.25, 0.3) is 0 Å². The number of aromatic nitrogens is 1. The van der Waals surface area contributed by atoms with E-state index in [-0.39, 0.29) is 0 Å². The number of ether oxygens (including phenoxy) is 1. The van der Waals surface area contributed by atoms with E-state index in [1.165, 1.54) is 17.0 Å². The number of thiazole rings is 1. The maximum Gasteiger partial charge on any atom is 0.185 e. The molecule has 2 rings (SSSR count). The van der Waals surface area contributed by atoms with Gasteiger partial charge in [-0.2, -0.15) is 0 Å². The van der Waals surface area contributed by atoms with E-state index in [0.29, 0.717) is 18.1 Å². The Morgan fingerprint density at radius 1 is 1.48 bits per heavy atom. The van der Waals surface area contributed by atoms with Crippen molar-refractivity contribution in [2.45, 2.75) is 65.1 Å². The van der Waals surface area contributed by atoms with Crippen molar-refractivity contribution < 1.29 is 4.74 Å². The van der Waals surface area contributed by atoms with Crippen LogP contribution in [-0.4, -0.2) is 37.3 Å². The van der Waals surface area contributed by atoms with Crippen LogP contribution in [0.25, 0.3) is 0 Å². The summed E-state index contributed by atoms with van der Waals surface area (Å²) in [4.78, 5) is 8.61. The highest BCUT2D eigenvalue weighted by atomic mass is 32.1. The monoisotopic (exact) mass is 311 g/mol. The smallest absolute Gasteiger partial charge is 0.185 e. The zero-order valence-corrected chi connectivity index (χ0v) is 14.8. The van der Waals surface area contributed by atoms with Gasteiger partial charge in [-0.15, -0.1) is 11.3 Å². The second kappa shape index (κ2) is 7.56. The number of likely N-dealkylation sites (N-methyl/N-ethyl adjacent to an activating group) is 1. The van der Waals surface area contributed by atoms with Gasteiger partial charge in [0.15, 0.2) is 5.13 Å². The maximum absolute atomic E-state index is 5.69. The molecule has 120 valence electrons. The molecule has 4 nitrogen and oxygen atoms in total. The molecule has 2 unspecified atom stereocenters. The van der Waals surface area contributed by atoms with Crippen molar-refractivity contribution in [1.82, 2.24) is 10.3 Å². The number of hydrogen-bond donors (Lipinski definition) is 1. The Morgan fingerprint density at radius 2 is 2.24 bits per heavy atom. The molecule has 2 atom stereocenters. The molecule has 1 aromatic heterocycles. The Hall–Kier alpha value is -0.650. The third kappa shape index (κ3) is 3.96. The molecule has 0 saturated carbocycles. The molecule has 5 heteroatoms. The number of anilines is 1. The van der Waals surface area contributed by atoms with Crippen LogP contribution in [-0.2, 0) is 11.3 Å². The largest absolute Gasteiger partial charge is 0.376 e. The highest BCUT2D eigenvalue weighted by molar-refractivity contribution is 7.15. The summed E-state index contributed by atoms with van der Waals surface area (Å²) < 4.78 is 5.69. The molecule has 1 N–H and O–H groups in total. The van der Waals surface area contributed by atoms with Crippen LogP contribution in [0, 0.1) is 0 Å². The fourth-order valence-corrected chi connectivity index (χ4v) is 4.03. The molecule has 0 aliphatic carbocycles. The highest BCUT2D eigenvalue weighted by Gasteiger charge is 2.30. The van der Waals surface area contributed by atoms with Crippen molar-refractivity contribution in [2.75, 3.05) is 25.1 Å². The summed E-state index contributed by atoms with van der Waals surface area (Å²) in [6.07, 6.45) is 2.56. The minimum absolute atomic E-state index is 0.295. The normalized spacial score (nSPS) is 22.2. The number of nitrogens with one attached hydrogen (secondary N) is 1. The second-order valence-corrected chi connectivity index (χ2v) is 7.24. The molecule has 21 heavy (non-hydrogen) atoms. The number of nitrogens with zero attached hydrogens (tertiary/aromatic N) is 2. The van der Waals surface area contributed by atoms with Gasteiger partial charge in [0.2, 0.25) is 0 Å². The van der Waals surface area contributed by atoms with Crippen LogP contribution < -0.4 is 10.2 Å². The molecule has 2 heterocycles. The molecule has 1 aromatic rings. The van der Waals surface area contributed by atoms with Crippen molar-refractivity contribution >= 4 is 16.5 Å². The summed E-state index contributed by atoms with van der Waals surface area (Å²) in [6, 6.07) is 0.451. The molecule has 0 bridgehead atoms. The summed E-state index contributed by atoms with van der Waals surface area (Å²) in [5, 5.41) is 4.64. The van der Waals surface area contributed by atoms with E-state index in [2.05, 4.69) is 45.0 Å². The lowest BCUT2D eigenvalue weighted by Crippen LogP contribution is -2.36. The first-order valence-corrected chi connectivity index (χ1v) is 8.91. The van der Waals surface area contributed by atoms with Crippen molar-refractivity contribution in [3.05, 3.63) is 10.6 Å². The van der Waals surface area contributed by atoms with Gasteiger partial charge in [-0.25, -0.2) is 4.98 Å². The Kier molecular flexibility index (Phi) is 6.02. The first kappa shape index (κ1) is 16.7. The SMILES string of the molecule is CCCNCc1sc(N(C)C2CCOC2C)nc1C(C)C. The summed E-state index contributed by atoms with van der Waals surface area (Å²) in [7, 11) is 2.15. The number of rotatable bonds is 7. The number of hydrogen-bond acceptors (Lipinski definition) is 5. The summed E-state index contributed by atoms with van der Waals surface area (Å²) in [5.74, 6) is 0.471. The molecule has 0 spiro atoms. The summed E-state index contributed by atoms with van der Waals surface area (Å²) >= 11 is 1.83. The van der Waals surface area contributed by atoms with E-state index in [4.69, 9.17) is 9.72 Å². The molecule has 1 fully saturated rings. The van der Waals surface area contributed by atoms with Crippen LogP contribution in [0.2, 0.25) is 0 Å². The molecule has 1 aliphatic rings. The maximum atomic E-state index is 5.69. The van der Waals surface area contributed by atoms with Gasteiger partial charge < -0.3 is 15.0 Å². The topological polar surface area (TPSA) is 37.4 Å². The molecule has 1 saturated heterocycles. The minimum Gasteiger partial charge on any atom is -0.376 e. The fraction of sp³-hybridized carbons (Fsp3) is 0.812. The fourth-order valence-electron chi connectivity index (χ4n) is 2.83. The Morgan fingerprint density at radius 3 is 2.81 bits per heavy atom. The van der Waals surface area contributed by atoms with E-state index in [0.717, 1.165) is 31.2 Å². The molecule has 1 aliphatic heterocycles. The first-order valence-electron chi connectivity index (χ1n) is 8.09. The van der Waals surface area contributed by atoms with E-state index < -0.39 is 0 Å². The van der Waals surface area contributed by atoms with Gasteiger partial charge >= 0.3 is 0 Å². The lowest BCUT2D eigenvalue weighted by Gasteiger charge is -2.26. The average Bonchev–Trinajstić information content (AvgIpc) is 3.05. The zero-order chi connectivity index (χ0) is 15.4. The Bertz CT molecular complexity index is 447. The third-order valence-electron chi connectivity index (χ3n) is 4.11. The van der Waals surface area contributed by atoms with E-state index >= 15 is 0 Å². The Labute approximate surface area is 132 Å². The molecular formula is C16H29N3OS. The van der Waals surface area contributed by atoms with E-state index in [9.17, 15) is 0 Å². The Balaban J connectivity index is 2.14. The van der Waals surface area contributed by atoms with Crippen LogP contribution in [0.4, 0.5) is 5.13 Å². The average molecular weight is 311 g/mol. The van der Waals surface area contributed by atoms with E-state index in [1.54, 1.807) is 0 Å². The van der Waals surface area contributed by atoms with Crippen molar-refractivity contribution in [3.63, 3.8) is 0 Å². The lowest BCUT2D eigenvalue weighted by molar-refractivity contribution is 0.118. The van der Waals surface area contributed by atoms with Crippen LogP contribution in [0.5, 0.6) is 0 Å². The van der Waals surface area contributed by atoms with Gasteiger partial charge in [-0.3, -0.25) is 0 Å². The predicted molar refractivity (Wildman–Crippen MR) is 90.4 cm³/mol. The summed E-state index contributed by atoms with van der Waals surface area (Å²) in [6.45, 7) is 11.7. The van der Waals surface area contributed by atoms with Crippen LogP contribution in [0.1, 0.15) is 57.0 Å². The first-order chi connectivity index (χ1) is 10.0. The standard InChI is InChI=1S/C16H29N3OS/c1-6-8-17-10-14-15(11(2)3)18-16(21-14)19(5)13-7-9-20-12(13)4/h11-13,17H,6-10H2,1-5H3. The predicted octanol–water partition coefficient (Wildman–Crippen LogP) is 3.38. The van der Waals surface area contributed by atoms with Crippen molar-refractivity contribution in [1.29, 1.82) is 0 Å². The minimum atomic E-state index is 0.295. The highest BCUT2D eigenvalue weighted by Crippen LogP contribution is 2.33.